The predicted octanol–water partition coefficient (Wildman–Crippen LogP) is 2.23. The summed E-state index contributed by atoms with van der Waals surface area (Å²) in [6.07, 6.45) is 8.43. The van der Waals surface area contributed by atoms with Gasteiger partial charge in [-0.15, -0.1) is 0 Å². The molecule has 1 aromatic rings. The second kappa shape index (κ2) is 6.26. The summed E-state index contributed by atoms with van der Waals surface area (Å²) < 4.78 is 28.6. The second-order valence-corrected chi connectivity index (χ2v) is 8.42. The van der Waals surface area contributed by atoms with E-state index >= 15 is 0 Å². The van der Waals surface area contributed by atoms with Crippen LogP contribution in [0.3, 0.4) is 0 Å². The highest BCUT2D eigenvalue weighted by Crippen LogP contribution is 2.49. The molecule has 0 unspecified atom stereocenters. The Balaban J connectivity index is 1.63. The molecule has 2 aliphatic rings. The Hall–Kier alpha value is -1.37. The van der Waals surface area contributed by atoms with Gasteiger partial charge in [-0.3, -0.25) is 4.79 Å². The van der Waals surface area contributed by atoms with Crippen LogP contribution < -0.4 is 4.72 Å². The number of nitrogens with zero attached hydrogens (tertiary/aromatic N) is 2. The number of carbonyl (C=O) groups excluding carboxylic acids is 1. The first-order valence-corrected chi connectivity index (χ1v) is 10.0. The smallest absolute Gasteiger partial charge is 0.283 e. The summed E-state index contributed by atoms with van der Waals surface area (Å²) in [6.45, 7) is 4.32. The van der Waals surface area contributed by atoms with Crippen molar-refractivity contribution in [3.63, 3.8) is 0 Å². The van der Waals surface area contributed by atoms with Crippen LogP contribution in [0.15, 0.2) is 11.2 Å². The Kier molecular flexibility index (Phi) is 4.49. The molecule has 7 heteroatoms. The van der Waals surface area contributed by atoms with Gasteiger partial charge in [-0.25, -0.2) is 9.71 Å². The zero-order valence-corrected chi connectivity index (χ0v) is 14.6. The highest BCUT2D eigenvalue weighted by atomic mass is 32.2. The standard InChI is InChI=1S/C16H25N3O3S/c1-3-19-10-15(17-11(19)2)23(21,22)18-16(20)14-9-13(14)12-7-5-4-6-8-12/h10,12-14H,3-9H2,1-2H3,(H,18,20)/t13-,14-/m1/s1. The van der Waals surface area contributed by atoms with Gasteiger partial charge in [0, 0.05) is 18.7 Å². The van der Waals surface area contributed by atoms with Crippen molar-refractivity contribution in [3.8, 4) is 0 Å². The number of carbonyl (C=O) groups is 1. The molecular formula is C16H25N3O3S. The maximum Gasteiger partial charge on any atom is 0.283 e. The minimum absolute atomic E-state index is 0.0694. The summed E-state index contributed by atoms with van der Waals surface area (Å²) in [5, 5.41) is -0.0694. The van der Waals surface area contributed by atoms with Crippen molar-refractivity contribution in [2.45, 2.75) is 63.9 Å². The lowest BCUT2D eigenvalue weighted by Crippen LogP contribution is -2.33. The van der Waals surface area contributed by atoms with Crippen molar-refractivity contribution >= 4 is 15.9 Å². The number of hydrogen-bond acceptors (Lipinski definition) is 4. The average molecular weight is 339 g/mol. The molecule has 0 aromatic carbocycles. The molecule has 2 saturated carbocycles. The third-order valence-electron chi connectivity index (χ3n) is 5.24. The van der Waals surface area contributed by atoms with Gasteiger partial charge in [0.2, 0.25) is 5.91 Å². The van der Waals surface area contributed by atoms with Gasteiger partial charge in [-0.1, -0.05) is 32.1 Å². The lowest BCUT2D eigenvalue weighted by Gasteiger charge is -2.21. The van der Waals surface area contributed by atoms with Crippen molar-refractivity contribution in [2.24, 2.45) is 17.8 Å². The summed E-state index contributed by atoms with van der Waals surface area (Å²) in [5.74, 6) is 1.11. The zero-order valence-electron chi connectivity index (χ0n) is 13.8. The Labute approximate surface area is 137 Å². The van der Waals surface area contributed by atoms with Gasteiger partial charge < -0.3 is 4.57 Å². The van der Waals surface area contributed by atoms with E-state index < -0.39 is 10.0 Å². The highest BCUT2D eigenvalue weighted by molar-refractivity contribution is 7.90. The maximum atomic E-state index is 12.3. The van der Waals surface area contributed by atoms with E-state index in [1.807, 2.05) is 6.92 Å². The number of imidazole rings is 1. The van der Waals surface area contributed by atoms with Crippen LogP contribution in [-0.2, 0) is 21.4 Å². The van der Waals surface area contributed by atoms with E-state index in [-0.39, 0.29) is 16.9 Å². The van der Waals surface area contributed by atoms with Crippen LogP contribution in [0.4, 0.5) is 0 Å². The molecule has 128 valence electrons. The summed E-state index contributed by atoms with van der Waals surface area (Å²) in [5.41, 5.74) is 0. The summed E-state index contributed by atoms with van der Waals surface area (Å²) in [7, 11) is -3.86. The normalized spacial score (nSPS) is 25.3. The average Bonchev–Trinajstić information content (AvgIpc) is 3.24. The van der Waals surface area contributed by atoms with Crippen LogP contribution in [0.25, 0.3) is 0 Å². The van der Waals surface area contributed by atoms with Gasteiger partial charge in [0.15, 0.2) is 5.03 Å². The van der Waals surface area contributed by atoms with Gasteiger partial charge in [0.25, 0.3) is 10.0 Å². The van der Waals surface area contributed by atoms with Crippen LogP contribution in [0.2, 0.25) is 0 Å². The third kappa shape index (κ3) is 3.44. The molecular weight excluding hydrogens is 314 g/mol. The van der Waals surface area contributed by atoms with Crippen molar-refractivity contribution in [1.82, 2.24) is 14.3 Å². The summed E-state index contributed by atoms with van der Waals surface area (Å²) in [4.78, 5) is 16.3. The summed E-state index contributed by atoms with van der Waals surface area (Å²) in [6, 6.07) is 0. The topological polar surface area (TPSA) is 81.1 Å². The molecule has 2 atom stereocenters. The molecule has 0 saturated heterocycles. The summed E-state index contributed by atoms with van der Waals surface area (Å²) >= 11 is 0. The SMILES string of the molecule is CCn1cc(S(=O)(=O)NC(=O)[C@@H]2C[C@@H]2C2CCCCC2)nc1C. The van der Waals surface area contributed by atoms with E-state index in [0.29, 0.717) is 24.2 Å². The molecule has 2 aliphatic carbocycles. The van der Waals surface area contributed by atoms with Crippen LogP contribution in [0.5, 0.6) is 0 Å². The molecule has 3 rings (SSSR count). The number of sulfonamides is 1. The second-order valence-electron chi connectivity index (χ2n) is 6.79. The van der Waals surface area contributed by atoms with Crippen LogP contribution in [-0.4, -0.2) is 23.9 Å². The Morgan fingerprint density at radius 3 is 2.65 bits per heavy atom. The lowest BCUT2D eigenvalue weighted by atomic mass is 9.85. The largest absolute Gasteiger partial charge is 0.334 e. The number of nitrogens with one attached hydrogen (secondary N) is 1. The van der Waals surface area contributed by atoms with E-state index in [9.17, 15) is 13.2 Å². The molecule has 1 heterocycles. The van der Waals surface area contributed by atoms with Crippen molar-refractivity contribution in [3.05, 3.63) is 12.0 Å². The number of amides is 1. The van der Waals surface area contributed by atoms with Gasteiger partial charge in [0.1, 0.15) is 5.82 Å². The van der Waals surface area contributed by atoms with Crippen LogP contribution >= 0.6 is 0 Å². The first-order valence-electron chi connectivity index (χ1n) is 8.53. The fraction of sp³-hybridized carbons (Fsp3) is 0.750. The predicted molar refractivity (Wildman–Crippen MR) is 86.1 cm³/mol. The molecule has 1 amide bonds. The van der Waals surface area contributed by atoms with E-state index in [1.54, 1.807) is 11.5 Å². The third-order valence-corrected chi connectivity index (χ3v) is 6.45. The van der Waals surface area contributed by atoms with E-state index in [2.05, 4.69) is 9.71 Å². The van der Waals surface area contributed by atoms with Crippen LogP contribution in [0, 0.1) is 24.7 Å². The van der Waals surface area contributed by atoms with E-state index in [4.69, 9.17) is 0 Å². The van der Waals surface area contributed by atoms with Crippen molar-refractivity contribution in [1.29, 1.82) is 0 Å². The first kappa shape index (κ1) is 16.5. The van der Waals surface area contributed by atoms with Crippen LogP contribution in [0.1, 0.15) is 51.3 Å². The number of hydrogen-bond donors (Lipinski definition) is 1. The minimum Gasteiger partial charge on any atom is -0.334 e. The highest BCUT2D eigenvalue weighted by Gasteiger charge is 2.48. The first-order chi connectivity index (χ1) is 10.9. The van der Waals surface area contributed by atoms with Gasteiger partial charge >= 0.3 is 0 Å². The molecule has 0 bridgehead atoms. The van der Waals surface area contributed by atoms with Crippen molar-refractivity contribution < 1.29 is 13.2 Å². The number of aromatic nitrogens is 2. The van der Waals surface area contributed by atoms with Gasteiger partial charge in [-0.2, -0.15) is 8.42 Å². The molecule has 2 fully saturated rings. The minimum atomic E-state index is -3.86. The lowest BCUT2D eigenvalue weighted by molar-refractivity contribution is -0.121. The molecule has 1 aromatic heterocycles. The van der Waals surface area contributed by atoms with E-state index in [0.717, 1.165) is 6.42 Å². The Morgan fingerprint density at radius 2 is 2.04 bits per heavy atom. The molecule has 0 spiro atoms. The Morgan fingerprint density at radius 1 is 1.35 bits per heavy atom. The fourth-order valence-corrected chi connectivity index (χ4v) is 4.83. The number of aryl methyl sites for hydroxylation is 2. The van der Waals surface area contributed by atoms with Gasteiger partial charge in [-0.05, 0) is 32.1 Å². The molecule has 23 heavy (non-hydrogen) atoms. The number of rotatable bonds is 5. The zero-order chi connectivity index (χ0) is 16.6. The maximum absolute atomic E-state index is 12.3. The molecule has 1 N–H and O–H groups in total. The molecule has 6 nitrogen and oxygen atoms in total. The molecule has 0 aliphatic heterocycles. The Bertz CT molecular complexity index is 689. The van der Waals surface area contributed by atoms with Gasteiger partial charge in [0.05, 0.1) is 0 Å². The molecule has 0 radical (unpaired) electrons. The fourth-order valence-electron chi connectivity index (χ4n) is 3.79. The monoisotopic (exact) mass is 339 g/mol. The quantitative estimate of drug-likeness (QED) is 0.892. The van der Waals surface area contributed by atoms with Crippen molar-refractivity contribution in [2.75, 3.05) is 0 Å². The van der Waals surface area contributed by atoms with E-state index in [1.165, 1.54) is 38.3 Å².